The van der Waals surface area contributed by atoms with Crippen LogP contribution in [0.1, 0.15) is 35.6 Å². The Bertz CT molecular complexity index is 839. The van der Waals surface area contributed by atoms with Gasteiger partial charge in [0.25, 0.3) is 5.91 Å². The predicted octanol–water partition coefficient (Wildman–Crippen LogP) is 2.95. The molecule has 1 amide bonds. The van der Waals surface area contributed by atoms with Crippen molar-refractivity contribution >= 4 is 24.1 Å². The number of nitrogen functional groups attached to an aromatic ring is 1. The number of rotatable bonds is 8. The van der Waals surface area contributed by atoms with Crippen LogP contribution in [-0.4, -0.2) is 38.2 Å². The second-order valence-corrected chi connectivity index (χ2v) is 6.95. The van der Waals surface area contributed by atoms with Gasteiger partial charge in [0.15, 0.2) is 6.10 Å². The summed E-state index contributed by atoms with van der Waals surface area (Å²) >= 11 is 0. The zero-order chi connectivity index (χ0) is 20.6. The van der Waals surface area contributed by atoms with E-state index in [0.29, 0.717) is 25.3 Å². The molecule has 1 aliphatic heterocycles. The van der Waals surface area contributed by atoms with Gasteiger partial charge in [-0.05, 0) is 23.3 Å². The van der Waals surface area contributed by atoms with E-state index in [0.717, 1.165) is 29.7 Å². The average molecular weight is 434 g/mol. The molecule has 7 nitrogen and oxygen atoms in total. The summed E-state index contributed by atoms with van der Waals surface area (Å²) in [6, 6.07) is 14.6. The number of halogens is 1. The zero-order valence-electron chi connectivity index (χ0n) is 16.9. The SMILES string of the molecule is CO[C@H](C(=O)NCc1ccc(C(=N)N)cc1)c1cccc(OC2CCOCC2)c1.Cl. The van der Waals surface area contributed by atoms with E-state index in [1.165, 1.54) is 7.11 Å². The molecule has 3 rings (SSSR count). The topological polar surface area (TPSA) is 107 Å². The van der Waals surface area contributed by atoms with Gasteiger partial charge >= 0.3 is 0 Å². The van der Waals surface area contributed by atoms with Crippen LogP contribution in [0.5, 0.6) is 5.75 Å². The number of hydrogen-bond donors (Lipinski definition) is 3. The van der Waals surface area contributed by atoms with E-state index >= 15 is 0 Å². The van der Waals surface area contributed by atoms with Crippen molar-refractivity contribution in [2.45, 2.75) is 31.6 Å². The number of ether oxygens (including phenoxy) is 3. The van der Waals surface area contributed by atoms with E-state index in [1.54, 1.807) is 12.1 Å². The van der Waals surface area contributed by atoms with E-state index < -0.39 is 6.10 Å². The third kappa shape index (κ3) is 6.45. The van der Waals surface area contributed by atoms with Crippen molar-refractivity contribution in [2.24, 2.45) is 5.73 Å². The lowest BCUT2D eigenvalue weighted by Crippen LogP contribution is -2.30. The third-order valence-electron chi connectivity index (χ3n) is 4.84. The van der Waals surface area contributed by atoms with Gasteiger partial charge in [-0.25, -0.2) is 0 Å². The molecule has 1 aliphatic rings. The Kier molecular flexibility index (Phi) is 9.11. The standard InChI is InChI=1S/C22H27N3O4.ClH/c1-27-20(22(26)25-14-15-5-7-16(8-6-15)21(23)24)17-3-2-4-19(13-17)29-18-9-11-28-12-10-18;/h2-8,13,18,20H,9-12,14H2,1H3,(H3,23,24)(H,25,26);1H/t20-;/m0./s1. The maximum absolute atomic E-state index is 12.7. The molecular formula is C22H28ClN3O4. The molecule has 0 aromatic heterocycles. The van der Waals surface area contributed by atoms with Crippen molar-refractivity contribution in [2.75, 3.05) is 20.3 Å². The van der Waals surface area contributed by atoms with Crippen LogP contribution in [0.4, 0.5) is 0 Å². The molecule has 1 fully saturated rings. The number of nitrogens with two attached hydrogens (primary N) is 1. The molecule has 1 heterocycles. The highest BCUT2D eigenvalue weighted by molar-refractivity contribution is 5.94. The van der Waals surface area contributed by atoms with Crippen LogP contribution in [0, 0.1) is 5.41 Å². The van der Waals surface area contributed by atoms with Crippen molar-refractivity contribution < 1.29 is 19.0 Å². The number of amidine groups is 1. The highest BCUT2D eigenvalue weighted by Gasteiger charge is 2.21. The number of carbonyl (C=O) groups is 1. The zero-order valence-corrected chi connectivity index (χ0v) is 17.7. The molecule has 2 aromatic rings. The minimum Gasteiger partial charge on any atom is -0.490 e. The average Bonchev–Trinajstić information content (AvgIpc) is 2.74. The number of amides is 1. The van der Waals surface area contributed by atoms with Crippen LogP contribution >= 0.6 is 12.4 Å². The summed E-state index contributed by atoms with van der Waals surface area (Å²) in [4.78, 5) is 12.7. The minimum absolute atomic E-state index is 0. The van der Waals surface area contributed by atoms with E-state index in [1.807, 2.05) is 36.4 Å². The van der Waals surface area contributed by atoms with Crippen molar-refractivity contribution in [3.63, 3.8) is 0 Å². The molecule has 0 spiro atoms. The molecule has 2 aromatic carbocycles. The monoisotopic (exact) mass is 433 g/mol. The van der Waals surface area contributed by atoms with Gasteiger partial charge in [0, 0.05) is 32.1 Å². The first kappa shape index (κ1) is 23.7. The maximum atomic E-state index is 12.7. The molecule has 30 heavy (non-hydrogen) atoms. The Balaban J connectivity index is 0.00000320. The molecule has 8 heteroatoms. The smallest absolute Gasteiger partial charge is 0.254 e. The molecular weight excluding hydrogens is 406 g/mol. The van der Waals surface area contributed by atoms with Gasteiger partial charge in [0.2, 0.25) is 0 Å². The van der Waals surface area contributed by atoms with Crippen molar-refractivity contribution in [3.05, 3.63) is 65.2 Å². The Morgan fingerprint density at radius 1 is 1.23 bits per heavy atom. The maximum Gasteiger partial charge on any atom is 0.254 e. The molecule has 162 valence electrons. The second kappa shape index (κ2) is 11.5. The first-order valence-electron chi connectivity index (χ1n) is 9.65. The van der Waals surface area contributed by atoms with Crippen molar-refractivity contribution in [3.8, 4) is 5.75 Å². The summed E-state index contributed by atoms with van der Waals surface area (Å²) in [7, 11) is 1.51. The lowest BCUT2D eigenvalue weighted by molar-refractivity contribution is -0.131. The first-order valence-corrected chi connectivity index (χ1v) is 9.65. The fourth-order valence-corrected chi connectivity index (χ4v) is 3.22. The second-order valence-electron chi connectivity index (χ2n) is 6.95. The summed E-state index contributed by atoms with van der Waals surface area (Å²) < 4.78 is 16.8. The Labute approximate surface area is 182 Å². The van der Waals surface area contributed by atoms with E-state index in [9.17, 15) is 4.79 Å². The van der Waals surface area contributed by atoms with E-state index in [2.05, 4.69) is 5.32 Å². The van der Waals surface area contributed by atoms with Crippen molar-refractivity contribution in [1.82, 2.24) is 5.32 Å². The number of benzene rings is 2. The third-order valence-corrected chi connectivity index (χ3v) is 4.84. The Hall–Kier alpha value is -2.61. The van der Waals surface area contributed by atoms with Crippen LogP contribution in [0.2, 0.25) is 0 Å². The highest BCUT2D eigenvalue weighted by Crippen LogP contribution is 2.24. The molecule has 0 radical (unpaired) electrons. The van der Waals surface area contributed by atoms with Crippen LogP contribution in [0.25, 0.3) is 0 Å². The van der Waals surface area contributed by atoms with Crippen molar-refractivity contribution in [1.29, 1.82) is 5.41 Å². The summed E-state index contributed by atoms with van der Waals surface area (Å²) in [5.74, 6) is 0.512. The largest absolute Gasteiger partial charge is 0.490 e. The van der Waals surface area contributed by atoms with Gasteiger partial charge in [-0.1, -0.05) is 36.4 Å². The first-order chi connectivity index (χ1) is 14.1. The number of methoxy groups -OCH3 is 1. The lowest BCUT2D eigenvalue weighted by atomic mass is 10.1. The Morgan fingerprint density at radius 2 is 1.93 bits per heavy atom. The van der Waals surface area contributed by atoms with Gasteiger partial charge in [0.05, 0.1) is 13.2 Å². The summed E-state index contributed by atoms with van der Waals surface area (Å²) in [5.41, 5.74) is 7.76. The quantitative estimate of drug-likeness (QED) is 0.438. The Morgan fingerprint density at radius 3 is 2.57 bits per heavy atom. The summed E-state index contributed by atoms with van der Waals surface area (Å²) in [6.45, 7) is 1.77. The highest BCUT2D eigenvalue weighted by atomic mass is 35.5. The number of nitrogens with one attached hydrogen (secondary N) is 2. The molecule has 1 atom stereocenters. The minimum atomic E-state index is -0.732. The number of hydrogen-bond acceptors (Lipinski definition) is 5. The fraction of sp³-hybridized carbons (Fsp3) is 0.364. The van der Waals surface area contributed by atoms with Crippen LogP contribution in [0.15, 0.2) is 48.5 Å². The van der Waals surface area contributed by atoms with Gasteiger partial charge < -0.3 is 25.3 Å². The molecule has 0 bridgehead atoms. The molecule has 1 saturated heterocycles. The molecule has 0 aliphatic carbocycles. The van der Waals surface area contributed by atoms with Gasteiger partial charge in [0.1, 0.15) is 17.7 Å². The van der Waals surface area contributed by atoms with Gasteiger partial charge in [-0.3, -0.25) is 10.2 Å². The summed E-state index contributed by atoms with van der Waals surface area (Å²) in [5, 5.41) is 10.3. The van der Waals surface area contributed by atoms with Gasteiger partial charge in [-0.2, -0.15) is 0 Å². The van der Waals surface area contributed by atoms with E-state index in [4.69, 9.17) is 25.4 Å². The van der Waals surface area contributed by atoms with Crippen LogP contribution < -0.4 is 15.8 Å². The van der Waals surface area contributed by atoms with Gasteiger partial charge in [-0.15, -0.1) is 12.4 Å². The molecule has 0 unspecified atom stereocenters. The summed E-state index contributed by atoms with van der Waals surface area (Å²) in [6.07, 6.45) is 1.12. The number of carbonyl (C=O) groups excluding carboxylic acids is 1. The van der Waals surface area contributed by atoms with Crippen LogP contribution in [0.3, 0.4) is 0 Å². The van der Waals surface area contributed by atoms with Crippen LogP contribution in [-0.2, 0) is 20.8 Å². The molecule has 0 saturated carbocycles. The fourth-order valence-electron chi connectivity index (χ4n) is 3.22. The normalized spacial score (nSPS) is 15.0. The predicted molar refractivity (Wildman–Crippen MR) is 117 cm³/mol. The molecule has 4 N–H and O–H groups in total. The lowest BCUT2D eigenvalue weighted by Gasteiger charge is -2.24. The van der Waals surface area contributed by atoms with E-state index in [-0.39, 0.29) is 30.3 Å².